The summed E-state index contributed by atoms with van der Waals surface area (Å²) in [6.45, 7) is 1.62. The highest BCUT2D eigenvalue weighted by molar-refractivity contribution is 6.02. The van der Waals surface area contributed by atoms with Gasteiger partial charge in [-0.15, -0.1) is 0 Å². The SMILES string of the molecule is COc1cc(C(=O)NN2CCN(C(=O)CN(C)C)CC2)ccc1Nc1ncc2c(n1)N(C1CCCCC1)CC(F)(F)C(=O)N2C. The largest absolute Gasteiger partial charge is 0.495 e. The average Bonchev–Trinajstić information content (AvgIpc) is 3.10. The van der Waals surface area contributed by atoms with Gasteiger partial charge in [0.15, 0.2) is 5.82 Å². The predicted octanol–water partition coefficient (Wildman–Crippen LogP) is 2.33. The quantitative estimate of drug-likeness (QED) is 0.450. The molecule has 1 aromatic heterocycles. The number of carbonyl (C=O) groups is 3. The van der Waals surface area contributed by atoms with Crippen LogP contribution in [0.4, 0.5) is 31.9 Å². The van der Waals surface area contributed by atoms with Crippen LogP contribution in [0.25, 0.3) is 0 Å². The molecule has 0 radical (unpaired) electrons. The van der Waals surface area contributed by atoms with Gasteiger partial charge in [0, 0.05) is 44.8 Å². The van der Waals surface area contributed by atoms with E-state index in [-0.39, 0.29) is 35.3 Å². The van der Waals surface area contributed by atoms with Crippen molar-refractivity contribution in [1.29, 1.82) is 0 Å². The predicted molar refractivity (Wildman–Crippen MR) is 165 cm³/mol. The van der Waals surface area contributed by atoms with Crippen LogP contribution in [0.2, 0.25) is 0 Å². The van der Waals surface area contributed by atoms with Crippen LogP contribution < -0.4 is 25.3 Å². The molecular formula is C30H41F2N9O4. The molecule has 2 aliphatic heterocycles. The zero-order valence-electron chi connectivity index (χ0n) is 26.2. The van der Waals surface area contributed by atoms with Crippen molar-refractivity contribution in [2.24, 2.45) is 0 Å². The molecule has 3 amide bonds. The first kappa shape index (κ1) is 32.3. The van der Waals surface area contributed by atoms with Crippen LogP contribution in [-0.4, -0.2) is 122 Å². The summed E-state index contributed by atoms with van der Waals surface area (Å²) >= 11 is 0. The second kappa shape index (κ2) is 13.5. The molecular weight excluding hydrogens is 588 g/mol. The first-order valence-electron chi connectivity index (χ1n) is 15.2. The Hall–Kier alpha value is -4.11. The fourth-order valence-electron chi connectivity index (χ4n) is 5.98. The van der Waals surface area contributed by atoms with Crippen LogP contribution in [0.15, 0.2) is 24.4 Å². The Kier molecular flexibility index (Phi) is 9.68. The van der Waals surface area contributed by atoms with Crippen molar-refractivity contribution in [3.8, 4) is 5.75 Å². The summed E-state index contributed by atoms with van der Waals surface area (Å²) in [5.74, 6) is -4.38. The van der Waals surface area contributed by atoms with E-state index in [0.717, 1.165) is 37.0 Å². The highest BCUT2D eigenvalue weighted by Crippen LogP contribution is 2.39. The number of benzene rings is 1. The van der Waals surface area contributed by atoms with Crippen molar-refractivity contribution in [3.05, 3.63) is 30.0 Å². The molecule has 5 rings (SSSR count). The van der Waals surface area contributed by atoms with Crippen LogP contribution in [-0.2, 0) is 9.59 Å². The maximum Gasteiger partial charge on any atom is 0.342 e. The monoisotopic (exact) mass is 629 g/mol. The van der Waals surface area contributed by atoms with E-state index in [2.05, 4.69) is 20.7 Å². The van der Waals surface area contributed by atoms with Gasteiger partial charge in [0.1, 0.15) is 11.4 Å². The normalized spacial score (nSPS) is 19.3. The molecule has 0 atom stereocenters. The maximum atomic E-state index is 15.0. The van der Waals surface area contributed by atoms with Gasteiger partial charge in [-0.25, -0.2) is 9.99 Å². The van der Waals surface area contributed by atoms with E-state index < -0.39 is 18.4 Å². The van der Waals surface area contributed by atoms with Gasteiger partial charge in [0.05, 0.1) is 32.1 Å². The van der Waals surface area contributed by atoms with Gasteiger partial charge in [-0.1, -0.05) is 19.3 Å². The summed E-state index contributed by atoms with van der Waals surface area (Å²) in [5.41, 5.74) is 3.94. The topological polar surface area (TPSA) is 126 Å². The fraction of sp³-hybridized carbons (Fsp3) is 0.567. The number of nitrogens with zero attached hydrogens (tertiary/aromatic N) is 7. The van der Waals surface area contributed by atoms with Crippen molar-refractivity contribution >= 4 is 40.9 Å². The molecule has 0 spiro atoms. The van der Waals surface area contributed by atoms with Gasteiger partial charge >= 0.3 is 5.92 Å². The lowest BCUT2D eigenvalue weighted by atomic mass is 9.94. The number of fused-ring (bicyclic) bond motifs is 1. The molecule has 1 aromatic carbocycles. The molecule has 2 fully saturated rings. The van der Waals surface area contributed by atoms with Crippen LogP contribution >= 0.6 is 0 Å². The number of hydrogen-bond acceptors (Lipinski definition) is 10. The summed E-state index contributed by atoms with van der Waals surface area (Å²) in [5, 5.41) is 4.88. The lowest BCUT2D eigenvalue weighted by Gasteiger charge is -2.35. The van der Waals surface area contributed by atoms with Gasteiger partial charge in [0.25, 0.3) is 11.8 Å². The van der Waals surface area contributed by atoms with Gasteiger partial charge in [-0.05, 0) is 45.1 Å². The number of hydrazine groups is 1. The Bertz CT molecular complexity index is 1410. The van der Waals surface area contributed by atoms with E-state index in [9.17, 15) is 23.2 Å². The Morgan fingerprint density at radius 3 is 2.49 bits per heavy atom. The van der Waals surface area contributed by atoms with Gasteiger partial charge in [0.2, 0.25) is 11.9 Å². The molecule has 15 heteroatoms. The molecule has 3 aliphatic rings. The summed E-state index contributed by atoms with van der Waals surface area (Å²) in [6.07, 6.45) is 5.74. The number of nitrogens with one attached hydrogen (secondary N) is 2. The fourth-order valence-corrected chi connectivity index (χ4v) is 5.98. The number of anilines is 4. The lowest BCUT2D eigenvalue weighted by Crippen LogP contribution is -2.55. The Morgan fingerprint density at radius 2 is 1.82 bits per heavy atom. The number of aromatic nitrogens is 2. The van der Waals surface area contributed by atoms with E-state index >= 15 is 0 Å². The Morgan fingerprint density at radius 1 is 1.11 bits per heavy atom. The summed E-state index contributed by atoms with van der Waals surface area (Å²) < 4.78 is 35.6. The smallest absolute Gasteiger partial charge is 0.342 e. The van der Waals surface area contributed by atoms with E-state index in [4.69, 9.17) is 4.74 Å². The Balaban J connectivity index is 1.30. The Labute approximate surface area is 261 Å². The minimum Gasteiger partial charge on any atom is -0.495 e. The molecule has 1 saturated carbocycles. The summed E-state index contributed by atoms with van der Waals surface area (Å²) in [4.78, 5) is 53.1. The van der Waals surface area contributed by atoms with Crippen molar-refractivity contribution in [2.75, 3.05) is 82.6 Å². The van der Waals surface area contributed by atoms with Crippen LogP contribution in [0, 0.1) is 0 Å². The third kappa shape index (κ3) is 7.25. The molecule has 2 aromatic rings. The third-order valence-corrected chi connectivity index (χ3v) is 8.44. The van der Waals surface area contributed by atoms with Gasteiger partial charge in [-0.2, -0.15) is 13.8 Å². The highest BCUT2D eigenvalue weighted by Gasteiger charge is 2.48. The summed E-state index contributed by atoms with van der Waals surface area (Å²) in [7, 11) is 6.48. The summed E-state index contributed by atoms with van der Waals surface area (Å²) in [6, 6.07) is 4.70. The van der Waals surface area contributed by atoms with Crippen LogP contribution in [0.3, 0.4) is 0 Å². The molecule has 3 heterocycles. The molecule has 1 aliphatic carbocycles. The van der Waals surface area contributed by atoms with Crippen molar-refractivity contribution in [1.82, 2.24) is 30.2 Å². The molecule has 1 saturated heterocycles. The third-order valence-electron chi connectivity index (χ3n) is 8.44. The molecule has 2 N–H and O–H groups in total. The van der Waals surface area contributed by atoms with Gasteiger partial charge < -0.3 is 29.7 Å². The van der Waals surface area contributed by atoms with E-state index in [1.807, 2.05) is 19.0 Å². The number of carbonyl (C=O) groups excluding carboxylic acids is 3. The van der Waals surface area contributed by atoms with E-state index in [1.54, 1.807) is 33.0 Å². The lowest BCUT2D eigenvalue weighted by molar-refractivity contribution is -0.140. The highest BCUT2D eigenvalue weighted by atomic mass is 19.3. The number of amides is 3. The number of likely N-dealkylation sites (N-methyl/N-ethyl adjacent to an activating group) is 1. The average molecular weight is 630 g/mol. The second-order valence-corrected chi connectivity index (χ2v) is 12.0. The zero-order valence-corrected chi connectivity index (χ0v) is 26.2. The van der Waals surface area contributed by atoms with Crippen molar-refractivity contribution in [2.45, 2.75) is 44.1 Å². The minimum atomic E-state index is -3.57. The molecule has 0 bridgehead atoms. The molecule has 244 valence electrons. The number of alkyl halides is 2. The van der Waals surface area contributed by atoms with Gasteiger partial charge in [-0.3, -0.25) is 19.8 Å². The maximum absolute atomic E-state index is 15.0. The second-order valence-electron chi connectivity index (χ2n) is 12.0. The van der Waals surface area contributed by atoms with E-state index in [1.165, 1.54) is 20.4 Å². The number of methoxy groups -OCH3 is 1. The number of ether oxygens (including phenoxy) is 1. The van der Waals surface area contributed by atoms with Crippen molar-refractivity contribution in [3.63, 3.8) is 0 Å². The molecule has 0 unspecified atom stereocenters. The number of rotatable bonds is 8. The molecule has 13 nitrogen and oxygen atoms in total. The standard InChI is InChI=1S/C30H41F2N9O4/c1-37(2)18-25(42)39-12-14-40(15-13-39)36-27(43)20-10-11-22(24(16-20)45-4)34-29-33-17-23-26(35-29)41(21-8-6-5-7-9-21)19-30(31,32)28(44)38(23)3/h10-11,16-17,21H,5-9,12-15,18-19H2,1-4H3,(H,36,43)(H,33,34,35). The first-order chi connectivity index (χ1) is 21.5. The zero-order chi connectivity index (χ0) is 32.3. The van der Waals surface area contributed by atoms with Crippen LogP contribution in [0.1, 0.15) is 42.5 Å². The molecule has 45 heavy (non-hydrogen) atoms. The minimum absolute atomic E-state index is 0.0532. The van der Waals surface area contributed by atoms with Crippen molar-refractivity contribution < 1.29 is 27.9 Å². The first-order valence-corrected chi connectivity index (χ1v) is 15.2. The number of piperazine rings is 1. The number of halogens is 2. The number of hydrogen-bond donors (Lipinski definition) is 2. The van der Waals surface area contributed by atoms with E-state index in [0.29, 0.717) is 49.7 Å². The van der Waals surface area contributed by atoms with Crippen LogP contribution in [0.5, 0.6) is 5.75 Å².